The lowest BCUT2D eigenvalue weighted by Crippen LogP contribution is -2.42. The lowest BCUT2D eigenvalue weighted by molar-refractivity contribution is -0.122. The highest BCUT2D eigenvalue weighted by molar-refractivity contribution is 7.13. The van der Waals surface area contributed by atoms with Crippen molar-refractivity contribution in [1.82, 2.24) is 10.3 Å². The number of nitrogens with two attached hydrogens (primary N) is 1. The first-order valence-electron chi connectivity index (χ1n) is 7.32. The Bertz CT molecular complexity index is 656. The van der Waals surface area contributed by atoms with Gasteiger partial charge in [0.05, 0.1) is 25.2 Å². The van der Waals surface area contributed by atoms with Crippen LogP contribution in [0.4, 0.5) is 8.78 Å². The minimum absolute atomic E-state index is 0.0236. The summed E-state index contributed by atoms with van der Waals surface area (Å²) in [7, 11) is 0. The van der Waals surface area contributed by atoms with E-state index < -0.39 is 24.9 Å². The number of hydrogen-bond acceptors (Lipinski definition) is 4. The van der Waals surface area contributed by atoms with E-state index in [0.717, 1.165) is 17.0 Å². The number of hydrogen-bond donors (Lipinski definition) is 2. The summed E-state index contributed by atoms with van der Waals surface area (Å²) in [6.45, 7) is 0.545. The van der Waals surface area contributed by atoms with E-state index in [4.69, 9.17) is 5.73 Å². The van der Waals surface area contributed by atoms with E-state index in [9.17, 15) is 13.6 Å². The number of thiazole rings is 1. The Balaban J connectivity index is 1.95. The molecule has 124 valence electrons. The average molecular weight is 339 g/mol. The minimum atomic E-state index is -3.08. The zero-order valence-electron chi connectivity index (χ0n) is 12.8. The van der Waals surface area contributed by atoms with Gasteiger partial charge in [0.2, 0.25) is 5.91 Å². The lowest BCUT2D eigenvalue weighted by Gasteiger charge is -2.14. The Morgan fingerprint density at radius 1 is 1.35 bits per heavy atom. The van der Waals surface area contributed by atoms with Crippen LogP contribution >= 0.6 is 11.3 Å². The molecule has 0 aliphatic rings. The summed E-state index contributed by atoms with van der Waals surface area (Å²) in [5.74, 6) is -3.57. The summed E-state index contributed by atoms with van der Waals surface area (Å²) in [4.78, 5) is 16.1. The second kappa shape index (κ2) is 7.61. The van der Waals surface area contributed by atoms with Gasteiger partial charge in [0.25, 0.3) is 5.92 Å². The molecule has 1 heterocycles. The van der Waals surface area contributed by atoms with Crippen LogP contribution in [0.25, 0.3) is 10.6 Å². The van der Waals surface area contributed by atoms with Gasteiger partial charge in [0.1, 0.15) is 5.01 Å². The highest BCUT2D eigenvalue weighted by Crippen LogP contribution is 2.24. The van der Waals surface area contributed by atoms with Crippen molar-refractivity contribution in [3.8, 4) is 10.6 Å². The Kier molecular flexibility index (Phi) is 5.79. The van der Waals surface area contributed by atoms with Gasteiger partial charge in [-0.3, -0.25) is 4.79 Å². The second-order valence-electron chi connectivity index (χ2n) is 5.21. The third-order valence-electron chi connectivity index (χ3n) is 3.35. The number of amides is 1. The van der Waals surface area contributed by atoms with Crippen molar-refractivity contribution in [2.24, 2.45) is 5.73 Å². The van der Waals surface area contributed by atoms with E-state index in [-0.39, 0.29) is 6.42 Å². The number of aromatic nitrogens is 1. The third kappa shape index (κ3) is 5.07. The van der Waals surface area contributed by atoms with Gasteiger partial charge < -0.3 is 11.1 Å². The molecular weight excluding hydrogens is 320 g/mol. The zero-order valence-corrected chi connectivity index (χ0v) is 13.6. The standard InChI is InChI=1S/C16H19F2N3OS/c1-2-11-3-5-12(6-4-11)15-21-13(8-23-15)7-14(22)20-10-16(17,18)9-19/h3-6,8H,2,7,9-10,19H2,1H3,(H,20,22). The molecule has 2 rings (SSSR count). The van der Waals surface area contributed by atoms with Gasteiger partial charge in [-0.25, -0.2) is 13.8 Å². The van der Waals surface area contributed by atoms with Crippen molar-refractivity contribution < 1.29 is 13.6 Å². The molecule has 0 atom stereocenters. The number of halogens is 2. The normalized spacial score (nSPS) is 11.5. The van der Waals surface area contributed by atoms with Gasteiger partial charge in [0, 0.05) is 10.9 Å². The van der Waals surface area contributed by atoms with Crippen molar-refractivity contribution >= 4 is 17.2 Å². The maximum atomic E-state index is 13.0. The van der Waals surface area contributed by atoms with E-state index in [1.807, 2.05) is 24.3 Å². The van der Waals surface area contributed by atoms with Crippen LogP contribution in [0.1, 0.15) is 18.2 Å². The summed E-state index contributed by atoms with van der Waals surface area (Å²) < 4.78 is 26.0. The average Bonchev–Trinajstić information content (AvgIpc) is 3.01. The zero-order chi connectivity index (χ0) is 16.9. The van der Waals surface area contributed by atoms with Crippen LogP contribution in [-0.2, 0) is 17.6 Å². The number of carbonyl (C=O) groups is 1. The molecule has 1 aromatic heterocycles. The molecule has 0 saturated carbocycles. The molecule has 3 N–H and O–H groups in total. The van der Waals surface area contributed by atoms with Gasteiger partial charge in [0.15, 0.2) is 0 Å². The second-order valence-corrected chi connectivity index (χ2v) is 6.07. The molecule has 0 unspecified atom stereocenters. The molecule has 0 bridgehead atoms. The summed E-state index contributed by atoms with van der Waals surface area (Å²) in [5, 5.41) is 4.76. The molecule has 0 spiro atoms. The molecule has 1 amide bonds. The van der Waals surface area contributed by atoms with E-state index in [2.05, 4.69) is 17.2 Å². The molecule has 2 aromatic rings. The first-order valence-corrected chi connectivity index (χ1v) is 8.20. The monoisotopic (exact) mass is 339 g/mol. The van der Waals surface area contributed by atoms with Crippen molar-refractivity contribution in [1.29, 1.82) is 0 Å². The Morgan fingerprint density at radius 3 is 2.65 bits per heavy atom. The number of carbonyl (C=O) groups excluding carboxylic acids is 1. The number of nitrogens with one attached hydrogen (secondary N) is 1. The van der Waals surface area contributed by atoms with Crippen molar-refractivity contribution in [3.05, 3.63) is 40.9 Å². The first-order chi connectivity index (χ1) is 10.9. The number of benzene rings is 1. The summed E-state index contributed by atoms with van der Waals surface area (Å²) >= 11 is 1.43. The Labute approximate surface area is 137 Å². The molecule has 0 aliphatic carbocycles. The highest BCUT2D eigenvalue weighted by Gasteiger charge is 2.27. The van der Waals surface area contributed by atoms with E-state index >= 15 is 0 Å². The van der Waals surface area contributed by atoms with Crippen LogP contribution in [0, 0.1) is 0 Å². The van der Waals surface area contributed by atoms with Crippen LogP contribution in [0.5, 0.6) is 0 Å². The predicted octanol–water partition coefficient (Wildman–Crippen LogP) is 2.63. The molecule has 4 nitrogen and oxygen atoms in total. The molecule has 7 heteroatoms. The molecular formula is C16H19F2N3OS. The van der Waals surface area contributed by atoms with Crippen molar-refractivity contribution in [2.75, 3.05) is 13.1 Å². The number of rotatable bonds is 7. The smallest absolute Gasteiger partial charge is 0.277 e. The van der Waals surface area contributed by atoms with Crippen LogP contribution in [-0.4, -0.2) is 29.9 Å². The predicted molar refractivity (Wildman–Crippen MR) is 87.6 cm³/mol. The van der Waals surface area contributed by atoms with Crippen LogP contribution in [0.15, 0.2) is 29.6 Å². The fourth-order valence-electron chi connectivity index (χ4n) is 1.93. The quantitative estimate of drug-likeness (QED) is 0.815. The topological polar surface area (TPSA) is 68.0 Å². The summed E-state index contributed by atoms with van der Waals surface area (Å²) in [6, 6.07) is 8.06. The van der Waals surface area contributed by atoms with Gasteiger partial charge in [-0.1, -0.05) is 31.2 Å². The summed E-state index contributed by atoms with van der Waals surface area (Å²) in [5.41, 5.74) is 7.71. The van der Waals surface area contributed by atoms with Gasteiger partial charge in [-0.05, 0) is 12.0 Å². The van der Waals surface area contributed by atoms with Crippen molar-refractivity contribution in [3.63, 3.8) is 0 Å². The van der Waals surface area contributed by atoms with Gasteiger partial charge in [-0.2, -0.15) is 0 Å². The first kappa shape index (κ1) is 17.5. The Hall–Kier alpha value is -1.86. The number of alkyl halides is 2. The van der Waals surface area contributed by atoms with Gasteiger partial charge in [-0.15, -0.1) is 11.3 Å². The molecule has 1 aromatic carbocycles. The third-order valence-corrected chi connectivity index (χ3v) is 4.29. The minimum Gasteiger partial charge on any atom is -0.350 e. The van der Waals surface area contributed by atoms with Crippen LogP contribution in [0.2, 0.25) is 0 Å². The highest BCUT2D eigenvalue weighted by atomic mass is 32.1. The molecule has 0 aliphatic heterocycles. The molecule has 0 saturated heterocycles. The van der Waals surface area contributed by atoms with Crippen LogP contribution in [0.3, 0.4) is 0 Å². The van der Waals surface area contributed by atoms with E-state index in [1.165, 1.54) is 16.9 Å². The Morgan fingerprint density at radius 2 is 2.04 bits per heavy atom. The summed E-state index contributed by atoms with van der Waals surface area (Å²) in [6.07, 6.45) is 0.946. The van der Waals surface area contributed by atoms with Crippen LogP contribution < -0.4 is 11.1 Å². The van der Waals surface area contributed by atoms with E-state index in [1.54, 1.807) is 5.38 Å². The molecule has 0 radical (unpaired) electrons. The number of aryl methyl sites for hydroxylation is 1. The SMILES string of the molecule is CCc1ccc(-c2nc(CC(=O)NCC(F)(F)CN)cs2)cc1. The fourth-order valence-corrected chi connectivity index (χ4v) is 2.76. The maximum Gasteiger partial charge on any atom is 0.277 e. The van der Waals surface area contributed by atoms with E-state index in [0.29, 0.717) is 5.69 Å². The van der Waals surface area contributed by atoms with Crippen molar-refractivity contribution in [2.45, 2.75) is 25.7 Å². The largest absolute Gasteiger partial charge is 0.350 e. The lowest BCUT2D eigenvalue weighted by atomic mass is 10.1. The number of nitrogens with zero attached hydrogens (tertiary/aromatic N) is 1. The molecule has 0 fully saturated rings. The fraction of sp³-hybridized carbons (Fsp3) is 0.375. The van der Waals surface area contributed by atoms with Gasteiger partial charge >= 0.3 is 0 Å². The maximum absolute atomic E-state index is 13.0. The molecule has 23 heavy (non-hydrogen) atoms.